The van der Waals surface area contributed by atoms with Gasteiger partial charge >= 0.3 is 5.97 Å². The Bertz CT molecular complexity index is 683. The van der Waals surface area contributed by atoms with Crippen molar-refractivity contribution in [1.82, 2.24) is 16.0 Å². The Balaban J connectivity index is 5.04. The van der Waals surface area contributed by atoms with Gasteiger partial charge in [0.05, 0.1) is 6.04 Å². The van der Waals surface area contributed by atoms with E-state index in [4.69, 9.17) is 17.2 Å². The summed E-state index contributed by atoms with van der Waals surface area (Å²) in [6.45, 7) is 7.05. The highest BCUT2D eigenvalue weighted by Gasteiger charge is 2.32. The monoisotopic (exact) mass is 475 g/mol. The number of carbonyl (C=O) groups is 4. The molecule has 4 atom stereocenters. The molecule has 0 aliphatic carbocycles. The second-order valence-electron chi connectivity index (χ2n) is 8.10. The predicted octanol–water partition coefficient (Wildman–Crippen LogP) is -1.85. The van der Waals surface area contributed by atoms with E-state index in [0.29, 0.717) is 19.4 Å². The maximum absolute atomic E-state index is 12.7. The molecule has 0 saturated carbocycles. The molecule has 0 radical (unpaired) electrons. The standard InChI is InChI=1S/C19H37N7O5S/c1-9(2)13(17(29)26-14(10(3)4)18(30)31)25-16(28)12(8-32)24-15(27)11(20)6-5-7-23-19(21)22/h9-14,32H,5-8,20H2,1-4H3,(H,24,27)(H,25,28)(H,26,29)(H,30,31)(H4,21,22,23). The fourth-order valence-corrected chi connectivity index (χ4v) is 2.93. The van der Waals surface area contributed by atoms with Crippen LogP contribution in [-0.4, -0.2) is 71.2 Å². The second kappa shape index (κ2) is 14.5. The molecule has 0 saturated heterocycles. The zero-order valence-corrected chi connectivity index (χ0v) is 19.9. The fourth-order valence-electron chi connectivity index (χ4n) is 2.67. The summed E-state index contributed by atoms with van der Waals surface area (Å²) in [5.41, 5.74) is 16.3. The van der Waals surface area contributed by atoms with Crippen molar-refractivity contribution in [2.45, 2.75) is 64.7 Å². The van der Waals surface area contributed by atoms with Crippen LogP contribution >= 0.6 is 12.6 Å². The third kappa shape index (κ3) is 10.7. The van der Waals surface area contributed by atoms with E-state index in [1.807, 2.05) is 0 Å². The number of carboxylic acid groups (broad SMARTS) is 1. The number of rotatable bonds is 14. The maximum Gasteiger partial charge on any atom is 0.326 e. The molecule has 3 amide bonds. The van der Waals surface area contributed by atoms with Crippen LogP contribution in [0.15, 0.2) is 4.99 Å². The lowest BCUT2D eigenvalue weighted by Crippen LogP contribution is -2.59. The van der Waals surface area contributed by atoms with Gasteiger partial charge in [-0.15, -0.1) is 0 Å². The Labute approximate surface area is 193 Å². The van der Waals surface area contributed by atoms with Gasteiger partial charge in [-0.1, -0.05) is 27.7 Å². The van der Waals surface area contributed by atoms with E-state index in [-0.39, 0.29) is 23.5 Å². The fraction of sp³-hybridized carbons (Fsp3) is 0.737. The van der Waals surface area contributed by atoms with Gasteiger partial charge in [0.2, 0.25) is 17.7 Å². The van der Waals surface area contributed by atoms with E-state index < -0.39 is 47.9 Å². The minimum Gasteiger partial charge on any atom is -0.480 e. The molecule has 0 aromatic rings. The molecule has 12 nitrogen and oxygen atoms in total. The number of amides is 3. The van der Waals surface area contributed by atoms with E-state index in [0.717, 1.165) is 0 Å². The first-order valence-electron chi connectivity index (χ1n) is 10.4. The van der Waals surface area contributed by atoms with Gasteiger partial charge in [0.15, 0.2) is 5.96 Å². The molecule has 4 unspecified atom stereocenters. The molecule has 0 aliphatic rings. The summed E-state index contributed by atoms with van der Waals surface area (Å²) in [5.74, 6) is -3.76. The number of carboxylic acids is 1. The van der Waals surface area contributed by atoms with E-state index in [2.05, 4.69) is 33.6 Å². The van der Waals surface area contributed by atoms with Crippen LogP contribution in [0.1, 0.15) is 40.5 Å². The van der Waals surface area contributed by atoms with E-state index in [1.165, 1.54) is 0 Å². The highest BCUT2D eigenvalue weighted by atomic mass is 32.1. The first kappa shape index (κ1) is 29.5. The van der Waals surface area contributed by atoms with Crippen molar-refractivity contribution in [3.63, 3.8) is 0 Å². The van der Waals surface area contributed by atoms with Crippen molar-refractivity contribution in [1.29, 1.82) is 0 Å². The summed E-state index contributed by atoms with van der Waals surface area (Å²) in [5, 5.41) is 16.8. The Morgan fingerprint density at radius 1 is 0.906 bits per heavy atom. The number of aliphatic carboxylic acids is 1. The number of carbonyl (C=O) groups excluding carboxylic acids is 3. The zero-order valence-electron chi connectivity index (χ0n) is 19.0. The minimum atomic E-state index is -1.17. The van der Waals surface area contributed by atoms with Crippen LogP contribution in [0, 0.1) is 11.8 Å². The smallest absolute Gasteiger partial charge is 0.326 e. The van der Waals surface area contributed by atoms with Gasteiger partial charge in [-0.2, -0.15) is 12.6 Å². The largest absolute Gasteiger partial charge is 0.480 e. The van der Waals surface area contributed by atoms with Crippen molar-refractivity contribution in [2.75, 3.05) is 12.3 Å². The quantitative estimate of drug-likeness (QED) is 0.0616. The number of aliphatic imine (C=N–C) groups is 1. The van der Waals surface area contributed by atoms with Crippen LogP contribution in [0.25, 0.3) is 0 Å². The van der Waals surface area contributed by atoms with Crippen molar-refractivity contribution in [3.05, 3.63) is 0 Å². The van der Waals surface area contributed by atoms with Crippen LogP contribution in [0.5, 0.6) is 0 Å². The predicted molar refractivity (Wildman–Crippen MR) is 125 cm³/mol. The molecule has 0 aromatic heterocycles. The molecule has 0 aliphatic heterocycles. The minimum absolute atomic E-state index is 0.0333. The average Bonchev–Trinajstić information content (AvgIpc) is 2.69. The van der Waals surface area contributed by atoms with Gasteiger partial charge in [-0.05, 0) is 24.7 Å². The van der Waals surface area contributed by atoms with Gasteiger partial charge in [-0.25, -0.2) is 4.79 Å². The molecule has 0 aromatic carbocycles. The van der Waals surface area contributed by atoms with Crippen molar-refractivity contribution in [2.24, 2.45) is 34.0 Å². The lowest BCUT2D eigenvalue weighted by Gasteiger charge is -2.27. The lowest BCUT2D eigenvalue weighted by atomic mass is 10.00. The highest BCUT2D eigenvalue weighted by Crippen LogP contribution is 2.07. The summed E-state index contributed by atoms with van der Waals surface area (Å²) >= 11 is 4.10. The molecule has 184 valence electrons. The first-order chi connectivity index (χ1) is 14.8. The number of hydrogen-bond donors (Lipinski definition) is 8. The van der Waals surface area contributed by atoms with Crippen molar-refractivity contribution < 1.29 is 24.3 Å². The second-order valence-corrected chi connectivity index (χ2v) is 8.46. The van der Waals surface area contributed by atoms with E-state index >= 15 is 0 Å². The normalized spacial score (nSPS) is 14.8. The van der Waals surface area contributed by atoms with Crippen LogP contribution in [0.4, 0.5) is 0 Å². The topological polar surface area (TPSA) is 215 Å². The number of nitrogens with one attached hydrogen (secondary N) is 3. The summed E-state index contributed by atoms with van der Waals surface area (Å²) in [4.78, 5) is 52.8. The van der Waals surface area contributed by atoms with E-state index in [9.17, 15) is 24.3 Å². The van der Waals surface area contributed by atoms with Gasteiger partial charge in [0.25, 0.3) is 0 Å². The molecule has 0 spiro atoms. The first-order valence-corrected chi connectivity index (χ1v) is 11.0. The SMILES string of the molecule is CC(C)C(NC(=O)C(NC(=O)C(CS)NC(=O)C(N)CCCN=C(N)N)C(C)C)C(=O)O. The molecule has 13 heteroatoms. The molecule has 10 N–H and O–H groups in total. The highest BCUT2D eigenvalue weighted by molar-refractivity contribution is 7.80. The molecular formula is C19H37N7O5S. The maximum atomic E-state index is 12.7. The summed E-state index contributed by atoms with van der Waals surface area (Å²) in [6, 6.07) is -4.02. The summed E-state index contributed by atoms with van der Waals surface area (Å²) < 4.78 is 0. The van der Waals surface area contributed by atoms with Gasteiger partial charge in [-0.3, -0.25) is 19.4 Å². The van der Waals surface area contributed by atoms with Crippen molar-refractivity contribution in [3.8, 4) is 0 Å². The van der Waals surface area contributed by atoms with Crippen LogP contribution in [-0.2, 0) is 19.2 Å². The number of thiol groups is 1. The molecule has 0 fully saturated rings. The summed E-state index contributed by atoms with van der Waals surface area (Å²) in [6.07, 6.45) is 0.771. The third-order valence-electron chi connectivity index (χ3n) is 4.60. The molecular weight excluding hydrogens is 438 g/mol. The molecule has 0 heterocycles. The number of nitrogens with zero attached hydrogens (tertiary/aromatic N) is 1. The van der Waals surface area contributed by atoms with Crippen LogP contribution < -0.4 is 33.2 Å². The lowest BCUT2D eigenvalue weighted by molar-refractivity contribution is -0.143. The van der Waals surface area contributed by atoms with Gasteiger partial charge < -0.3 is 38.3 Å². The number of guanidine groups is 1. The van der Waals surface area contributed by atoms with E-state index in [1.54, 1.807) is 27.7 Å². The molecule has 0 bridgehead atoms. The van der Waals surface area contributed by atoms with Crippen LogP contribution in [0.3, 0.4) is 0 Å². The average molecular weight is 476 g/mol. The van der Waals surface area contributed by atoms with Crippen LogP contribution in [0.2, 0.25) is 0 Å². The third-order valence-corrected chi connectivity index (χ3v) is 4.96. The van der Waals surface area contributed by atoms with Gasteiger partial charge in [0, 0.05) is 12.3 Å². The Hall–Kier alpha value is -2.54. The Kier molecular flexibility index (Phi) is 13.4. The Morgan fingerprint density at radius 2 is 1.44 bits per heavy atom. The molecule has 0 rings (SSSR count). The van der Waals surface area contributed by atoms with Gasteiger partial charge in [0.1, 0.15) is 18.1 Å². The Morgan fingerprint density at radius 3 is 1.88 bits per heavy atom. The summed E-state index contributed by atoms with van der Waals surface area (Å²) in [7, 11) is 0. The molecule has 32 heavy (non-hydrogen) atoms. The number of hydrogen-bond acceptors (Lipinski definition) is 7. The zero-order chi connectivity index (χ0) is 25.0. The van der Waals surface area contributed by atoms with Crippen molar-refractivity contribution >= 4 is 42.3 Å². The number of nitrogens with two attached hydrogens (primary N) is 3.